The first-order chi connectivity index (χ1) is 15.3. The van der Waals surface area contributed by atoms with Crippen molar-refractivity contribution >= 4 is 34.4 Å². The molecular formula is C23H23N5O4. The predicted molar refractivity (Wildman–Crippen MR) is 118 cm³/mol. The van der Waals surface area contributed by atoms with E-state index >= 15 is 0 Å². The molecule has 0 saturated carbocycles. The Labute approximate surface area is 183 Å². The van der Waals surface area contributed by atoms with Gasteiger partial charge in [-0.15, -0.1) is 0 Å². The number of para-hydroxylation sites is 1. The summed E-state index contributed by atoms with van der Waals surface area (Å²) in [5.74, 6) is -0.642. The Morgan fingerprint density at radius 3 is 2.69 bits per heavy atom. The fourth-order valence-electron chi connectivity index (χ4n) is 4.77. The van der Waals surface area contributed by atoms with Crippen molar-refractivity contribution in [2.75, 3.05) is 11.4 Å². The molecule has 5 rings (SSSR count). The summed E-state index contributed by atoms with van der Waals surface area (Å²) in [5.41, 5.74) is 2.01. The van der Waals surface area contributed by atoms with Gasteiger partial charge in [-0.1, -0.05) is 18.2 Å². The lowest BCUT2D eigenvalue weighted by Gasteiger charge is -2.48. The van der Waals surface area contributed by atoms with Crippen molar-refractivity contribution in [2.45, 2.75) is 38.4 Å². The first-order valence-corrected chi connectivity index (χ1v) is 10.5. The van der Waals surface area contributed by atoms with Gasteiger partial charge in [0.1, 0.15) is 12.2 Å². The van der Waals surface area contributed by atoms with Crippen LogP contribution in [-0.2, 0) is 9.59 Å². The van der Waals surface area contributed by atoms with Gasteiger partial charge >= 0.3 is 5.69 Å². The minimum Gasteiger partial charge on any atom is -0.348 e. The van der Waals surface area contributed by atoms with Crippen molar-refractivity contribution < 1.29 is 14.4 Å². The topological polar surface area (TPSA) is 118 Å². The van der Waals surface area contributed by atoms with Crippen LogP contribution in [0.5, 0.6) is 0 Å². The minimum absolute atomic E-state index is 0.0555. The molecule has 0 aliphatic carbocycles. The second-order valence-corrected chi connectivity index (χ2v) is 8.53. The Hall–Kier alpha value is -3.88. The predicted octanol–water partition coefficient (Wildman–Crippen LogP) is 2.03. The molecule has 0 bridgehead atoms. The van der Waals surface area contributed by atoms with E-state index in [4.69, 9.17) is 0 Å². The van der Waals surface area contributed by atoms with E-state index in [2.05, 4.69) is 15.3 Å². The molecule has 2 aliphatic heterocycles. The average molecular weight is 433 g/mol. The number of imidazole rings is 1. The van der Waals surface area contributed by atoms with Crippen molar-refractivity contribution in [2.24, 2.45) is 0 Å². The van der Waals surface area contributed by atoms with Gasteiger partial charge in [0, 0.05) is 6.42 Å². The Morgan fingerprint density at radius 1 is 1.12 bits per heavy atom. The molecule has 2 aliphatic rings. The number of fused-ring (bicyclic) bond motifs is 4. The van der Waals surface area contributed by atoms with E-state index in [-0.39, 0.29) is 36.0 Å². The van der Waals surface area contributed by atoms with Crippen LogP contribution in [0.3, 0.4) is 0 Å². The van der Waals surface area contributed by atoms with Crippen LogP contribution in [0, 0.1) is 0 Å². The maximum Gasteiger partial charge on any atom is 0.323 e. The van der Waals surface area contributed by atoms with E-state index in [1.165, 1.54) is 4.90 Å². The lowest BCUT2D eigenvalue weighted by Crippen LogP contribution is -2.63. The fraction of sp³-hybridized carbons (Fsp3) is 0.304. The highest BCUT2D eigenvalue weighted by atomic mass is 16.2. The van der Waals surface area contributed by atoms with Crippen LogP contribution < -0.4 is 15.9 Å². The number of carbonyl (C=O) groups is 3. The summed E-state index contributed by atoms with van der Waals surface area (Å²) in [6.45, 7) is 3.50. The molecule has 0 spiro atoms. The third-order valence-electron chi connectivity index (χ3n) is 6.46. The van der Waals surface area contributed by atoms with Gasteiger partial charge in [0.05, 0.1) is 28.3 Å². The van der Waals surface area contributed by atoms with Crippen molar-refractivity contribution in [3.05, 3.63) is 64.1 Å². The van der Waals surface area contributed by atoms with Crippen molar-refractivity contribution in [3.8, 4) is 0 Å². The lowest BCUT2D eigenvalue weighted by atomic mass is 9.98. The van der Waals surface area contributed by atoms with Gasteiger partial charge in [0.25, 0.3) is 5.91 Å². The van der Waals surface area contributed by atoms with Crippen molar-refractivity contribution in [1.29, 1.82) is 0 Å². The first-order valence-electron chi connectivity index (χ1n) is 10.5. The summed E-state index contributed by atoms with van der Waals surface area (Å²) >= 11 is 0. The Kier molecular flexibility index (Phi) is 4.44. The molecule has 32 heavy (non-hydrogen) atoms. The van der Waals surface area contributed by atoms with E-state index in [0.717, 1.165) is 5.56 Å². The number of carbonyl (C=O) groups excluding carboxylic acids is 3. The molecule has 3 N–H and O–H groups in total. The van der Waals surface area contributed by atoms with E-state index in [1.807, 2.05) is 19.9 Å². The minimum atomic E-state index is -0.882. The van der Waals surface area contributed by atoms with Crippen molar-refractivity contribution in [1.82, 2.24) is 20.2 Å². The third-order valence-corrected chi connectivity index (χ3v) is 6.46. The number of H-pyrrole nitrogens is 2. The van der Waals surface area contributed by atoms with E-state index < -0.39 is 5.66 Å². The van der Waals surface area contributed by atoms with Gasteiger partial charge in [0.2, 0.25) is 11.8 Å². The maximum atomic E-state index is 13.3. The number of amides is 3. The van der Waals surface area contributed by atoms with E-state index in [0.29, 0.717) is 35.1 Å². The fourth-order valence-corrected chi connectivity index (χ4v) is 4.77. The van der Waals surface area contributed by atoms with Crippen LogP contribution in [0.1, 0.15) is 48.7 Å². The van der Waals surface area contributed by atoms with Crippen LogP contribution in [-0.4, -0.2) is 44.8 Å². The average Bonchev–Trinajstić information content (AvgIpc) is 3.29. The van der Waals surface area contributed by atoms with E-state index in [1.54, 1.807) is 41.3 Å². The van der Waals surface area contributed by atoms with Crippen LogP contribution >= 0.6 is 0 Å². The highest BCUT2D eigenvalue weighted by Crippen LogP contribution is 2.43. The normalized spacial score (nSPS) is 20.9. The zero-order valence-electron chi connectivity index (χ0n) is 17.8. The number of rotatable bonds is 4. The molecule has 0 radical (unpaired) electrons. The molecular weight excluding hydrogens is 410 g/mol. The molecule has 9 heteroatoms. The zero-order chi connectivity index (χ0) is 22.6. The Bertz CT molecular complexity index is 1330. The summed E-state index contributed by atoms with van der Waals surface area (Å²) in [4.78, 5) is 58.9. The SMILES string of the molecule is CC(NC(=O)CN1C(=O)c2ccccc2N2C(=O)CCC12C)c1ccc2[nH]c(=O)[nH]c2c1. The molecule has 9 nitrogen and oxygen atoms in total. The molecule has 3 amide bonds. The molecule has 3 aromatic rings. The number of aromatic amines is 2. The highest BCUT2D eigenvalue weighted by Gasteiger charge is 2.53. The van der Waals surface area contributed by atoms with Crippen LogP contribution in [0.2, 0.25) is 0 Å². The number of benzene rings is 2. The largest absolute Gasteiger partial charge is 0.348 e. The smallest absolute Gasteiger partial charge is 0.323 e. The first kappa shape index (κ1) is 20.0. The zero-order valence-corrected chi connectivity index (χ0v) is 17.8. The number of nitrogens with zero attached hydrogens (tertiary/aromatic N) is 2. The molecule has 2 atom stereocenters. The Morgan fingerprint density at radius 2 is 1.88 bits per heavy atom. The van der Waals surface area contributed by atoms with Crippen LogP contribution in [0.15, 0.2) is 47.3 Å². The van der Waals surface area contributed by atoms with Gasteiger partial charge in [-0.2, -0.15) is 0 Å². The van der Waals surface area contributed by atoms with Gasteiger partial charge in [-0.25, -0.2) is 4.79 Å². The third kappa shape index (κ3) is 3.00. The number of hydrogen-bond acceptors (Lipinski definition) is 4. The monoisotopic (exact) mass is 433 g/mol. The van der Waals surface area contributed by atoms with Gasteiger partial charge in [-0.05, 0) is 50.1 Å². The molecule has 164 valence electrons. The molecule has 1 fully saturated rings. The number of anilines is 1. The summed E-state index contributed by atoms with van der Waals surface area (Å²) in [7, 11) is 0. The van der Waals surface area contributed by atoms with Crippen LogP contribution in [0.25, 0.3) is 11.0 Å². The second kappa shape index (κ2) is 7.08. The number of hydrogen-bond donors (Lipinski definition) is 3. The van der Waals surface area contributed by atoms with Crippen molar-refractivity contribution in [3.63, 3.8) is 0 Å². The van der Waals surface area contributed by atoms with Crippen LogP contribution in [0.4, 0.5) is 5.69 Å². The summed E-state index contributed by atoms with van der Waals surface area (Å²) < 4.78 is 0. The summed E-state index contributed by atoms with van der Waals surface area (Å²) in [6.07, 6.45) is 0.785. The summed E-state index contributed by atoms with van der Waals surface area (Å²) in [6, 6.07) is 12.1. The summed E-state index contributed by atoms with van der Waals surface area (Å²) in [5, 5.41) is 2.93. The molecule has 1 saturated heterocycles. The number of nitrogens with one attached hydrogen (secondary N) is 3. The molecule has 3 heterocycles. The quantitative estimate of drug-likeness (QED) is 0.583. The molecule has 2 unspecified atom stereocenters. The molecule has 2 aromatic carbocycles. The molecule has 1 aromatic heterocycles. The van der Waals surface area contributed by atoms with Gasteiger partial charge < -0.3 is 20.2 Å². The lowest BCUT2D eigenvalue weighted by molar-refractivity contribution is -0.124. The van der Waals surface area contributed by atoms with Gasteiger partial charge in [-0.3, -0.25) is 19.3 Å². The Balaban J connectivity index is 1.39. The highest BCUT2D eigenvalue weighted by molar-refractivity contribution is 6.11. The maximum absolute atomic E-state index is 13.3. The van der Waals surface area contributed by atoms with E-state index in [9.17, 15) is 19.2 Å². The standard InChI is InChI=1S/C23H23N5O4/c1-13(14-7-8-16-17(11-14)26-22(32)25-16)24-19(29)12-27-21(31)15-5-3-4-6-18(15)28-20(30)9-10-23(27,28)2/h3-8,11,13H,9-10,12H2,1-2H3,(H,24,29)(H2,25,26,32). The second-order valence-electron chi connectivity index (χ2n) is 8.53. The van der Waals surface area contributed by atoms with Gasteiger partial charge in [0.15, 0.2) is 0 Å². The number of aromatic nitrogens is 2.